The molecule has 3 aromatic heterocycles. The minimum atomic E-state index is -0.733. The highest BCUT2D eigenvalue weighted by Gasteiger charge is 2.19. The monoisotopic (exact) mass is 1240 g/mol. The Balaban J connectivity index is 1.36. The first-order valence-electron chi connectivity index (χ1n) is 29.8. The largest absolute Gasteiger partial charge is 0.382 e. The lowest BCUT2D eigenvalue weighted by molar-refractivity contribution is -0.116. The van der Waals surface area contributed by atoms with Gasteiger partial charge in [0.2, 0.25) is 11.7 Å². The Labute approximate surface area is 512 Å². The molecule has 0 spiro atoms. The van der Waals surface area contributed by atoms with Crippen molar-refractivity contribution in [2.45, 2.75) is 32.2 Å². The minimum Gasteiger partial charge on any atom is -0.382 e. The first kappa shape index (κ1) is 76.1. The third-order valence-electron chi connectivity index (χ3n) is 12.2. The fourth-order valence-corrected chi connectivity index (χ4v) is 7.71. The molecule has 0 radical (unpaired) electrons. The number of aryl methyl sites for hydroxylation is 3. The Hall–Kier alpha value is -5.10. The van der Waals surface area contributed by atoms with Crippen molar-refractivity contribution in [3.05, 3.63) is 48.2 Å². The van der Waals surface area contributed by atoms with Gasteiger partial charge in [0.15, 0.2) is 11.6 Å². The van der Waals surface area contributed by atoms with Crippen molar-refractivity contribution in [1.29, 1.82) is 0 Å². The Kier molecular flexibility index (Phi) is 46.2. The molecule has 0 aliphatic heterocycles. The van der Waals surface area contributed by atoms with Crippen molar-refractivity contribution in [3.63, 3.8) is 0 Å². The molecule has 0 aliphatic carbocycles. The van der Waals surface area contributed by atoms with Gasteiger partial charge in [-0.1, -0.05) is 6.42 Å². The Morgan fingerprint density at radius 1 is 0.483 bits per heavy atom. The molecule has 0 aromatic carbocycles. The SMILES string of the molecule is COCCOCCOCCOCCOCCOCCOCCOCCN(CCCCCn1cc(NC(=O)c2nccn2C)cc1C(=O)NCCC(=O)Nc1cn(C)c(C(N)=O)n1)CCOCCOCCOCCOCCOCCOCCOCCOC. The van der Waals surface area contributed by atoms with Crippen molar-refractivity contribution < 1.29 is 95.0 Å². The van der Waals surface area contributed by atoms with Crippen LogP contribution < -0.4 is 21.7 Å². The van der Waals surface area contributed by atoms with Crippen LogP contribution in [-0.2, 0) is 101 Å². The predicted octanol–water partition coefficient (Wildman–Crippen LogP) is 1.06. The number of carbonyl (C=O) groups excluding carboxylic acids is 4. The average molecular weight is 1250 g/mol. The molecule has 3 rings (SSSR count). The zero-order valence-corrected chi connectivity index (χ0v) is 51.9. The number of anilines is 2. The smallest absolute Gasteiger partial charge is 0.291 e. The summed E-state index contributed by atoms with van der Waals surface area (Å²) in [5.41, 5.74) is 6.06. The molecular formula is C57H100N10O20. The topological polar surface area (TPSA) is 322 Å². The summed E-state index contributed by atoms with van der Waals surface area (Å²) >= 11 is 0. The van der Waals surface area contributed by atoms with E-state index in [-0.39, 0.29) is 30.4 Å². The zero-order chi connectivity index (χ0) is 62.5. The van der Waals surface area contributed by atoms with Crippen LogP contribution in [0.1, 0.15) is 57.4 Å². The summed E-state index contributed by atoms with van der Waals surface area (Å²) in [6.45, 7) is 17.1. The van der Waals surface area contributed by atoms with Crippen molar-refractivity contribution in [2.24, 2.45) is 19.8 Å². The first-order valence-corrected chi connectivity index (χ1v) is 29.8. The van der Waals surface area contributed by atoms with Crippen molar-refractivity contribution in [2.75, 3.05) is 249 Å². The van der Waals surface area contributed by atoms with Gasteiger partial charge in [0.25, 0.3) is 17.7 Å². The highest BCUT2D eigenvalue weighted by atomic mass is 16.6. The van der Waals surface area contributed by atoms with Gasteiger partial charge in [-0.3, -0.25) is 24.1 Å². The van der Waals surface area contributed by atoms with Gasteiger partial charge >= 0.3 is 0 Å². The van der Waals surface area contributed by atoms with E-state index >= 15 is 0 Å². The van der Waals surface area contributed by atoms with E-state index in [1.807, 2.05) is 0 Å². The molecule has 30 nitrogen and oxygen atoms in total. The molecule has 5 N–H and O–H groups in total. The molecule has 3 aromatic rings. The predicted molar refractivity (Wildman–Crippen MR) is 318 cm³/mol. The second-order valence-corrected chi connectivity index (χ2v) is 19.1. The zero-order valence-electron chi connectivity index (χ0n) is 51.9. The maximum Gasteiger partial charge on any atom is 0.291 e. The number of carbonyl (C=O) groups is 4. The van der Waals surface area contributed by atoms with Crippen LogP contribution in [0.5, 0.6) is 0 Å². The van der Waals surface area contributed by atoms with E-state index in [2.05, 4.69) is 30.8 Å². The maximum absolute atomic E-state index is 13.6. The van der Waals surface area contributed by atoms with Crippen LogP contribution in [0.4, 0.5) is 11.5 Å². The van der Waals surface area contributed by atoms with Gasteiger partial charge in [0.05, 0.1) is 204 Å². The molecule has 0 saturated heterocycles. The third kappa shape index (κ3) is 39.5. The number of hydrogen-bond donors (Lipinski definition) is 4. The van der Waals surface area contributed by atoms with E-state index in [1.165, 1.54) is 17.0 Å². The molecule has 0 atom stereocenters. The number of nitrogens with two attached hydrogens (primary N) is 1. The number of aromatic nitrogens is 5. The molecule has 0 unspecified atom stereocenters. The standard InChI is InChI=1S/C57H100N10O20/c1-64-13-10-59-55(64)57(71)61-49-46-50(56(70)60-9-8-52(68)62-51-48-65(2)54(63-51)53(58)69)67(47-49)12-7-5-6-11-66(14-16-74-22-24-78-30-32-82-38-40-86-44-42-84-36-34-80-28-26-76-20-18-72-3)15-17-75-23-25-79-31-33-83-39-41-87-45-43-85-37-35-81-29-27-77-21-19-73-4/h10,13,46-48H,5-9,11-12,14-45H2,1-4H3,(H2,58,69)(H,60,70)(H,61,71)(H,62,68). The molecule has 0 saturated carbocycles. The van der Waals surface area contributed by atoms with E-state index in [4.69, 9.17) is 81.5 Å². The summed E-state index contributed by atoms with van der Waals surface area (Å²) in [6, 6.07) is 1.59. The van der Waals surface area contributed by atoms with Crippen LogP contribution >= 0.6 is 0 Å². The minimum absolute atomic E-state index is 0.00760. The maximum atomic E-state index is 13.6. The van der Waals surface area contributed by atoms with Crippen molar-refractivity contribution in [1.82, 2.24) is 33.9 Å². The summed E-state index contributed by atoms with van der Waals surface area (Å²) in [6.07, 6.45) is 8.71. The van der Waals surface area contributed by atoms with Crippen LogP contribution in [0, 0.1) is 0 Å². The quantitative estimate of drug-likeness (QED) is 0.0574. The summed E-state index contributed by atoms with van der Waals surface area (Å²) in [7, 11) is 6.57. The fraction of sp³-hybridized carbons (Fsp3) is 0.754. The number of primary amides is 1. The van der Waals surface area contributed by atoms with Crippen LogP contribution in [0.25, 0.3) is 0 Å². The van der Waals surface area contributed by atoms with E-state index in [1.54, 1.807) is 55.9 Å². The lowest BCUT2D eigenvalue weighted by Crippen LogP contribution is -2.32. The summed E-state index contributed by atoms with van der Waals surface area (Å²) < 4.78 is 92.9. The second-order valence-electron chi connectivity index (χ2n) is 19.1. The number of ether oxygens (including phenoxy) is 16. The molecule has 0 bridgehead atoms. The van der Waals surface area contributed by atoms with Crippen LogP contribution in [-0.4, -0.2) is 291 Å². The van der Waals surface area contributed by atoms with Gasteiger partial charge in [-0.25, -0.2) is 9.97 Å². The number of amides is 4. The Bertz CT molecular complexity index is 2140. The molecule has 3 heterocycles. The number of hydrogen-bond acceptors (Lipinski definition) is 23. The summed E-state index contributed by atoms with van der Waals surface area (Å²) in [5, 5.41) is 8.26. The van der Waals surface area contributed by atoms with Gasteiger partial charge < -0.3 is 111 Å². The summed E-state index contributed by atoms with van der Waals surface area (Å²) in [4.78, 5) is 61.4. The van der Waals surface area contributed by atoms with Gasteiger partial charge in [-0.2, -0.15) is 0 Å². The third-order valence-corrected chi connectivity index (χ3v) is 12.2. The van der Waals surface area contributed by atoms with Gasteiger partial charge in [-0.05, 0) is 25.5 Å². The molecule has 4 amide bonds. The van der Waals surface area contributed by atoms with Crippen molar-refractivity contribution in [3.8, 4) is 0 Å². The van der Waals surface area contributed by atoms with Gasteiger partial charge in [0, 0.05) is 85.7 Å². The highest BCUT2D eigenvalue weighted by Crippen LogP contribution is 2.17. The molecule has 87 heavy (non-hydrogen) atoms. The van der Waals surface area contributed by atoms with Gasteiger partial charge in [0.1, 0.15) is 5.69 Å². The molecule has 30 heteroatoms. The number of rotatable bonds is 62. The van der Waals surface area contributed by atoms with Crippen LogP contribution in [0.3, 0.4) is 0 Å². The second kappa shape index (κ2) is 52.8. The van der Waals surface area contributed by atoms with E-state index in [9.17, 15) is 19.2 Å². The number of imidazole rings is 2. The van der Waals surface area contributed by atoms with Crippen LogP contribution in [0.2, 0.25) is 0 Å². The number of nitrogens with one attached hydrogen (secondary N) is 3. The van der Waals surface area contributed by atoms with Crippen molar-refractivity contribution >= 4 is 35.1 Å². The van der Waals surface area contributed by atoms with E-state index in [0.717, 1.165) is 25.8 Å². The number of methoxy groups -OCH3 is 2. The van der Waals surface area contributed by atoms with Gasteiger partial charge in [-0.15, -0.1) is 0 Å². The van der Waals surface area contributed by atoms with E-state index < -0.39 is 23.6 Å². The fourth-order valence-electron chi connectivity index (χ4n) is 7.71. The molecule has 0 fully saturated rings. The molecule has 498 valence electrons. The normalized spacial score (nSPS) is 11.6. The Morgan fingerprint density at radius 3 is 1.28 bits per heavy atom. The molecular weight excluding hydrogens is 1140 g/mol. The number of nitrogens with zero attached hydrogens (tertiary/aromatic N) is 6. The lowest BCUT2D eigenvalue weighted by Gasteiger charge is -2.22. The Morgan fingerprint density at radius 2 is 0.897 bits per heavy atom. The molecule has 0 aliphatic rings. The van der Waals surface area contributed by atoms with Crippen LogP contribution in [0.15, 0.2) is 30.9 Å². The van der Waals surface area contributed by atoms with E-state index in [0.29, 0.717) is 229 Å². The number of unbranched alkanes of at least 4 members (excludes halogenated alkanes) is 2. The lowest BCUT2D eigenvalue weighted by atomic mass is 10.2. The first-order chi connectivity index (χ1) is 42.6. The highest BCUT2D eigenvalue weighted by molar-refractivity contribution is 6.03. The summed E-state index contributed by atoms with van der Waals surface area (Å²) in [5.74, 6) is -1.66. The average Bonchev–Trinajstić information content (AvgIpc) is 3.25.